The highest BCUT2D eigenvalue weighted by Gasteiger charge is 2.46. The van der Waals surface area contributed by atoms with Crippen molar-refractivity contribution in [1.82, 2.24) is 10.3 Å². The number of nitrogens with one attached hydrogen (secondary N) is 2. The Morgan fingerprint density at radius 2 is 2.10 bits per heavy atom. The number of benzene rings is 1. The second-order valence-electron chi connectivity index (χ2n) is 5.98. The average molecular weight is 270 g/mol. The number of hydrogen-bond donors (Lipinski definition) is 2. The number of carbonyl (C=O) groups is 1. The van der Waals surface area contributed by atoms with E-state index >= 15 is 0 Å². The van der Waals surface area contributed by atoms with Gasteiger partial charge in [0.25, 0.3) is 0 Å². The van der Waals surface area contributed by atoms with Gasteiger partial charge < -0.3 is 10.3 Å². The maximum Gasteiger partial charge on any atom is 0.220 e. The van der Waals surface area contributed by atoms with E-state index in [0.717, 1.165) is 13.0 Å². The molecule has 3 nitrogen and oxygen atoms in total. The molecule has 1 aliphatic carbocycles. The van der Waals surface area contributed by atoms with Gasteiger partial charge in [-0.2, -0.15) is 0 Å². The van der Waals surface area contributed by atoms with E-state index < -0.39 is 0 Å². The van der Waals surface area contributed by atoms with Gasteiger partial charge in [0.2, 0.25) is 5.91 Å². The highest BCUT2D eigenvalue weighted by atomic mass is 16.1. The molecule has 0 bridgehead atoms. The quantitative estimate of drug-likeness (QED) is 0.859. The van der Waals surface area contributed by atoms with Crippen molar-refractivity contribution < 1.29 is 4.79 Å². The van der Waals surface area contributed by atoms with Crippen molar-refractivity contribution in [3.05, 3.63) is 35.5 Å². The summed E-state index contributed by atoms with van der Waals surface area (Å²) in [5.74, 6) is 0.177. The van der Waals surface area contributed by atoms with Crippen LogP contribution in [0, 0.1) is 6.92 Å². The Balaban J connectivity index is 1.87. The van der Waals surface area contributed by atoms with Gasteiger partial charge in [0, 0.05) is 35.0 Å². The maximum atomic E-state index is 11.7. The van der Waals surface area contributed by atoms with Gasteiger partial charge in [-0.25, -0.2) is 0 Å². The van der Waals surface area contributed by atoms with E-state index in [0.29, 0.717) is 6.42 Å². The van der Waals surface area contributed by atoms with Crippen LogP contribution in [0.5, 0.6) is 0 Å². The molecule has 3 heteroatoms. The monoisotopic (exact) mass is 270 g/mol. The van der Waals surface area contributed by atoms with Crippen molar-refractivity contribution in [3.8, 4) is 0 Å². The summed E-state index contributed by atoms with van der Waals surface area (Å²) in [5, 5.41) is 4.43. The Labute approximate surface area is 119 Å². The largest absolute Gasteiger partial charge is 0.358 e. The molecule has 1 heterocycles. The minimum absolute atomic E-state index is 0.160. The number of aromatic amines is 1. The summed E-state index contributed by atoms with van der Waals surface area (Å²) < 4.78 is 0. The Kier molecular flexibility index (Phi) is 3.28. The summed E-state index contributed by atoms with van der Waals surface area (Å²) >= 11 is 0. The number of aryl methyl sites for hydroxylation is 1. The fourth-order valence-electron chi connectivity index (χ4n) is 3.21. The summed E-state index contributed by atoms with van der Waals surface area (Å²) in [6.07, 6.45) is 3.87. The molecule has 1 aromatic heterocycles. The molecule has 1 fully saturated rings. The van der Waals surface area contributed by atoms with E-state index in [-0.39, 0.29) is 11.3 Å². The zero-order valence-electron chi connectivity index (χ0n) is 12.3. The minimum atomic E-state index is 0.160. The molecule has 1 aromatic carbocycles. The van der Waals surface area contributed by atoms with E-state index in [1.165, 1.54) is 35.0 Å². The lowest BCUT2D eigenvalue weighted by molar-refractivity contribution is -0.121. The summed E-state index contributed by atoms with van der Waals surface area (Å²) in [5.41, 5.74) is 4.01. The molecule has 0 spiro atoms. The normalized spacial score (nSPS) is 16.3. The smallest absolute Gasteiger partial charge is 0.220 e. The van der Waals surface area contributed by atoms with Gasteiger partial charge in [0.05, 0.1) is 0 Å². The Morgan fingerprint density at radius 1 is 1.35 bits per heavy atom. The van der Waals surface area contributed by atoms with Crippen molar-refractivity contribution in [2.45, 2.75) is 44.9 Å². The summed E-state index contributed by atoms with van der Waals surface area (Å²) in [4.78, 5) is 15.2. The fraction of sp³-hybridized carbons (Fsp3) is 0.471. The van der Waals surface area contributed by atoms with Gasteiger partial charge in [-0.3, -0.25) is 4.79 Å². The van der Waals surface area contributed by atoms with Crippen LogP contribution >= 0.6 is 0 Å². The molecule has 0 saturated heterocycles. The Bertz CT molecular complexity index is 637. The molecule has 1 saturated carbocycles. The van der Waals surface area contributed by atoms with Crippen molar-refractivity contribution in [2.24, 2.45) is 0 Å². The fourth-order valence-corrected chi connectivity index (χ4v) is 3.21. The third-order valence-corrected chi connectivity index (χ3v) is 4.38. The van der Waals surface area contributed by atoms with Crippen LogP contribution in [0.3, 0.4) is 0 Å². The van der Waals surface area contributed by atoms with Crippen LogP contribution in [0.25, 0.3) is 10.9 Å². The SMILES string of the molecule is CCCC(=O)NCC1(c2c(C)[nH]c3ccccc23)CC1. The van der Waals surface area contributed by atoms with Crippen molar-refractivity contribution >= 4 is 16.8 Å². The molecule has 3 rings (SSSR count). The maximum absolute atomic E-state index is 11.7. The minimum Gasteiger partial charge on any atom is -0.358 e. The molecule has 1 aliphatic rings. The number of hydrogen-bond acceptors (Lipinski definition) is 1. The third-order valence-electron chi connectivity index (χ3n) is 4.38. The number of amides is 1. The third kappa shape index (κ3) is 2.21. The lowest BCUT2D eigenvalue weighted by Crippen LogP contribution is -2.32. The van der Waals surface area contributed by atoms with Crippen LogP contribution in [0.1, 0.15) is 43.9 Å². The predicted molar refractivity (Wildman–Crippen MR) is 81.9 cm³/mol. The molecular formula is C17H22N2O. The first kappa shape index (κ1) is 13.2. The van der Waals surface area contributed by atoms with Crippen molar-refractivity contribution in [1.29, 1.82) is 0 Å². The van der Waals surface area contributed by atoms with E-state index in [1.807, 2.05) is 6.92 Å². The summed E-state index contributed by atoms with van der Waals surface area (Å²) in [6.45, 7) is 4.95. The van der Waals surface area contributed by atoms with Gasteiger partial charge in [0.15, 0.2) is 0 Å². The van der Waals surface area contributed by atoms with Crippen LogP contribution < -0.4 is 5.32 Å². The van der Waals surface area contributed by atoms with Gasteiger partial charge >= 0.3 is 0 Å². The van der Waals surface area contributed by atoms with E-state index in [2.05, 4.69) is 41.5 Å². The molecule has 0 aliphatic heterocycles. The van der Waals surface area contributed by atoms with Gasteiger partial charge in [-0.05, 0) is 37.8 Å². The zero-order chi connectivity index (χ0) is 14.2. The van der Waals surface area contributed by atoms with Gasteiger partial charge in [-0.1, -0.05) is 25.1 Å². The highest BCUT2D eigenvalue weighted by molar-refractivity contribution is 5.86. The first-order valence-corrected chi connectivity index (χ1v) is 7.51. The molecule has 0 atom stereocenters. The predicted octanol–water partition coefficient (Wildman–Crippen LogP) is 3.42. The van der Waals surface area contributed by atoms with Crippen molar-refractivity contribution in [3.63, 3.8) is 0 Å². The number of carbonyl (C=O) groups excluding carboxylic acids is 1. The van der Waals surface area contributed by atoms with E-state index in [1.54, 1.807) is 0 Å². The first-order valence-electron chi connectivity index (χ1n) is 7.51. The standard InChI is InChI=1S/C17H22N2O/c1-3-6-15(20)18-11-17(9-10-17)16-12(2)19-14-8-5-4-7-13(14)16/h4-5,7-8,19H,3,6,9-11H2,1-2H3,(H,18,20). The highest BCUT2D eigenvalue weighted by Crippen LogP contribution is 2.51. The lowest BCUT2D eigenvalue weighted by Gasteiger charge is -2.17. The van der Waals surface area contributed by atoms with Crippen LogP contribution in [0.2, 0.25) is 0 Å². The molecule has 106 valence electrons. The first-order chi connectivity index (χ1) is 9.66. The lowest BCUT2D eigenvalue weighted by atomic mass is 9.93. The molecular weight excluding hydrogens is 248 g/mol. The Morgan fingerprint density at radius 3 is 2.80 bits per heavy atom. The van der Waals surface area contributed by atoms with Crippen molar-refractivity contribution in [2.75, 3.05) is 6.54 Å². The topological polar surface area (TPSA) is 44.9 Å². The number of H-pyrrole nitrogens is 1. The summed E-state index contributed by atoms with van der Waals surface area (Å²) in [6, 6.07) is 8.45. The molecule has 0 radical (unpaired) electrons. The number of para-hydroxylation sites is 1. The van der Waals surface area contributed by atoms with Crippen LogP contribution in [-0.2, 0) is 10.2 Å². The number of rotatable bonds is 5. The second kappa shape index (κ2) is 4.97. The second-order valence-corrected chi connectivity index (χ2v) is 5.98. The molecule has 2 aromatic rings. The average Bonchev–Trinajstić information content (AvgIpc) is 3.13. The number of fused-ring (bicyclic) bond motifs is 1. The van der Waals surface area contributed by atoms with Gasteiger partial charge in [-0.15, -0.1) is 0 Å². The molecule has 0 unspecified atom stereocenters. The number of aromatic nitrogens is 1. The summed E-state index contributed by atoms with van der Waals surface area (Å²) in [7, 11) is 0. The van der Waals surface area contributed by atoms with Crippen LogP contribution in [0.4, 0.5) is 0 Å². The van der Waals surface area contributed by atoms with Crippen LogP contribution in [0.15, 0.2) is 24.3 Å². The van der Waals surface area contributed by atoms with Crippen LogP contribution in [-0.4, -0.2) is 17.4 Å². The Hall–Kier alpha value is -1.77. The molecule has 20 heavy (non-hydrogen) atoms. The van der Waals surface area contributed by atoms with E-state index in [9.17, 15) is 4.79 Å². The van der Waals surface area contributed by atoms with Gasteiger partial charge in [0.1, 0.15) is 0 Å². The molecule has 2 N–H and O–H groups in total. The zero-order valence-corrected chi connectivity index (χ0v) is 12.3. The van der Waals surface area contributed by atoms with E-state index in [4.69, 9.17) is 0 Å². The molecule has 1 amide bonds.